The van der Waals surface area contributed by atoms with Crippen LogP contribution < -0.4 is 0 Å². The molecule has 0 radical (unpaired) electrons. The van der Waals surface area contributed by atoms with Crippen LogP contribution in [0.1, 0.15) is 127 Å². The molecule has 37 atom stereocenters. The lowest BCUT2D eigenvalue weighted by atomic mass is 9.34. The number of carbonyl (C=O) groups is 3. The number of fused-ring (bicyclic) bond motifs is 7. The molecule has 554 valence electrons. The van der Waals surface area contributed by atoms with Gasteiger partial charge < -0.3 is 143 Å². The van der Waals surface area contributed by atoms with Gasteiger partial charge in [0.2, 0.25) is 6.29 Å². The molecule has 11 rings (SSSR count). The van der Waals surface area contributed by atoms with Crippen LogP contribution in [0.25, 0.3) is 0 Å². The lowest BCUT2D eigenvalue weighted by Crippen LogP contribution is -2.69. The molecule has 10 fully saturated rings. The Balaban J connectivity index is 0.870. The quantitative estimate of drug-likeness (QED) is 0.0402. The number of carboxylic acid groups (broad SMARTS) is 1. The zero-order valence-electron chi connectivity index (χ0n) is 55.9. The molecule has 0 bridgehead atoms. The third-order valence-corrected chi connectivity index (χ3v) is 24.7. The highest BCUT2D eigenvalue weighted by molar-refractivity contribution is 5.79. The second kappa shape index (κ2) is 28.0. The topological polar surface area (TPSA) is 495 Å². The fourth-order valence-electron chi connectivity index (χ4n) is 18.8. The van der Waals surface area contributed by atoms with E-state index in [-0.39, 0.29) is 17.8 Å². The molecule has 37 unspecified atom stereocenters. The SMILES string of the molecule is CC(=O)OC1C(C)OC(OC(=O)C23CCC(C)(C)CC2C2=CCC4C5(C)CCC(OC6OC(C(=O)O)C(O)C(O)C6OC6OC(CO)C(O)C(O)C6O)C(C)(O)C5CCC4(C)C2(C)CC3)C(OC2OC(C)C(OC3OCC(O)C(O)C3O)C(O)C2O)C1OC1OC(CO)C(O)C1O. The third kappa shape index (κ3) is 13.1. The van der Waals surface area contributed by atoms with Gasteiger partial charge in [0.1, 0.15) is 104 Å². The van der Waals surface area contributed by atoms with E-state index >= 15 is 4.79 Å². The van der Waals surface area contributed by atoms with E-state index in [1.54, 1.807) is 6.92 Å². The van der Waals surface area contributed by atoms with Crippen molar-refractivity contribution in [3.8, 4) is 0 Å². The molecule has 0 aromatic rings. The number of hydrogen-bond acceptors (Lipinski definition) is 31. The summed E-state index contributed by atoms with van der Waals surface area (Å²) in [4.78, 5) is 41.4. The molecule has 6 saturated heterocycles. The van der Waals surface area contributed by atoms with Gasteiger partial charge in [-0.25, -0.2) is 4.79 Å². The summed E-state index contributed by atoms with van der Waals surface area (Å²) in [5, 5.41) is 174. The van der Waals surface area contributed by atoms with Gasteiger partial charge in [0.25, 0.3) is 0 Å². The van der Waals surface area contributed by atoms with Gasteiger partial charge in [-0.05, 0) is 124 Å². The second-order valence-electron chi connectivity index (χ2n) is 30.9. The van der Waals surface area contributed by atoms with Crippen LogP contribution in [0.3, 0.4) is 0 Å². The summed E-state index contributed by atoms with van der Waals surface area (Å²) in [6.07, 6.45) is -42.5. The summed E-state index contributed by atoms with van der Waals surface area (Å²) in [6.45, 7) is 14.7. The van der Waals surface area contributed by atoms with Crippen LogP contribution in [0, 0.1) is 44.8 Å². The van der Waals surface area contributed by atoms with E-state index in [1.165, 1.54) is 13.8 Å². The summed E-state index contributed by atoms with van der Waals surface area (Å²) in [7, 11) is 0. The first kappa shape index (κ1) is 75.3. The van der Waals surface area contributed by atoms with Crippen molar-refractivity contribution in [3.63, 3.8) is 0 Å². The van der Waals surface area contributed by atoms with E-state index < -0.39 is 255 Å². The number of ether oxygens (including phenoxy) is 13. The summed E-state index contributed by atoms with van der Waals surface area (Å²) in [5.74, 6) is -4.14. The van der Waals surface area contributed by atoms with Crippen LogP contribution in [-0.4, -0.2) is 303 Å². The monoisotopic (exact) mass is 1390 g/mol. The van der Waals surface area contributed by atoms with Crippen molar-refractivity contribution in [1.82, 2.24) is 0 Å². The minimum atomic E-state index is -2.10. The summed E-state index contributed by atoms with van der Waals surface area (Å²) in [5.41, 5.74) is -3.74. The van der Waals surface area contributed by atoms with E-state index in [0.29, 0.717) is 57.8 Å². The van der Waals surface area contributed by atoms with E-state index in [2.05, 4.69) is 40.7 Å². The fraction of sp³-hybridized carbons (Fsp3) is 0.923. The Morgan fingerprint density at radius 1 is 0.526 bits per heavy atom. The Morgan fingerprint density at radius 3 is 1.71 bits per heavy atom. The first-order valence-electron chi connectivity index (χ1n) is 34.0. The molecule has 0 aromatic heterocycles. The molecule has 4 saturated carbocycles. The lowest BCUT2D eigenvalue weighted by molar-refractivity contribution is -0.382. The number of allylic oxidation sites excluding steroid dienone is 2. The summed E-state index contributed by atoms with van der Waals surface area (Å²) >= 11 is 0. The fourth-order valence-corrected chi connectivity index (χ4v) is 18.8. The maximum atomic E-state index is 16.0. The number of hydrogen-bond donors (Lipinski definition) is 16. The minimum Gasteiger partial charge on any atom is -0.479 e. The standard InChI is InChI=1S/C65H102O32/c1-24-46(92-53-42(77)35(70)29(69)23-85-53)41(76)45(80)54(86-24)96-51-50(95-55-43(78)37(72)31(22-67)90-55)47(88-26(3)68)25(2)87-58(51)97-59(83)65-18-16-60(4,5)20-28(65)27-10-11-32-61(6)14-13-34(64(9,84)33(61)12-15-63(32,8)62(27,7)17-19-65)91-57-49(40(75)39(74)48(93-57)52(81)82)94-56-44(79)38(73)36(71)30(21-66)89-56/h10,24-25,28-51,53-58,66-67,69-80,84H,11-23H2,1-9H3,(H,81,82). The maximum Gasteiger partial charge on any atom is 0.335 e. The van der Waals surface area contributed by atoms with Crippen molar-refractivity contribution < 1.29 is 158 Å². The molecular formula is C65H102O32. The first-order valence-corrected chi connectivity index (χ1v) is 34.0. The highest BCUT2D eigenvalue weighted by atomic mass is 16.8. The van der Waals surface area contributed by atoms with E-state index in [9.17, 15) is 91.3 Å². The van der Waals surface area contributed by atoms with Crippen LogP contribution in [0.2, 0.25) is 0 Å². The van der Waals surface area contributed by atoms with E-state index in [1.807, 2.05) is 0 Å². The first-order chi connectivity index (χ1) is 45.4. The van der Waals surface area contributed by atoms with Gasteiger partial charge in [-0.2, -0.15) is 0 Å². The molecule has 0 aromatic carbocycles. The van der Waals surface area contributed by atoms with Crippen molar-refractivity contribution in [1.29, 1.82) is 0 Å². The molecule has 16 N–H and O–H groups in total. The maximum absolute atomic E-state index is 16.0. The zero-order valence-corrected chi connectivity index (χ0v) is 55.9. The van der Waals surface area contributed by atoms with Gasteiger partial charge in [-0.3, -0.25) is 9.59 Å². The normalized spacial score (nSPS) is 53.7. The number of carbonyl (C=O) groups excluding carboxylic acids is 2. The van der Waals surface area contributed by atoms with Crippen molar-refractivity contribution in [3.05, 3.63) is 11.6 Å². The Hall–Kier alpha value is -2.89. The van der Waals surface area contributed by atoms with Gasteiger partial charge in [0, 0.05) is 6.92 Å². The van der Waals surface area contributed by atoms with Crippen molar-refractivity contribution in [2.75, 3.05) is 19.8 Å². The highest BCUT2D eigenvalue weighted by Crippen LogP contribution is 2.75. The number of esters is 2. The number of aliphatic carboxylic acids is 1. The Bertz CT molecular complexity index is 2830. The van der Waals surface area contributed by atoms with Crippen molar-refractivity contribution >= 4 is 17.9 Å². The smallest absolute Gasteiger partial charge is 0.335 e. The molecule has 5 aliphatic carbocycles. The van der Waals surface area contributed by atoms with Gasteiger partial charge in [-0.15, -0.1) is 0 Å². The number of aliphatic hydroxyl groups is 15. The van der Waals surface area contributed by atoms with Crippen molar-refractivity contribution in [2.45, 2.75) is 310 Å². The highest BCUT2D eigenvalue weighted by Gasteiger charge is 2.71. The van der Waals surface area contributed by atoms with E-state index in [4.69, 9.17) is 61.6 Å². The van der Waals surface area contributed by atoms with Gasteiger partial charge in [-0.1, -0.05) is 46.3 Å². The Kier molecular flexibility index (Phi) is 21.7. The molecule has 0 spiro atoms. The molecule has 97 heavy (non-hydrogen) atoms. The average Bonchev–Trinajstić information content (AvgIpc) is 0.796. The second-order valence-corrected chi connectivity index (χ2v) is 30.9. The predicted octanol–water partition coefficient (Wildman–Crippen LogP) is -3.67. The predicted molar refractivity (Wildman–Crippen MR) is 320 cm³/mol. The van der Waals surface area contributed by atoms with Gasteiger partial charge in [0.05, 0.1) is 49.1 Å². The van der Waals surface area contributed by atoms with Gasteiger partial charge in [0.15, 0.2) is 49.8 Å². The summed E-state index contributed by atoms with van der Waals surface area (Å²) < 4.78 is 78.9. The number of rotatable bonds is 16. The lowest BCUT2D eigenvalue weighted by Gasteiger charge is -2.71. The number of aliphatic hydroxyl groups excluding tert-OH is 14. The van der Waals surface area contributed by atoms with Crippen molar-refractivity contribution in [2.24, 2.45) is 44.8 Å². The third-order valence-electron chi connectivity index (χ3n) is 24.7. The van der Waals surface area contributed by atoms with E-state index in [0.717, 1.165) is 12.5 Å². The van der Waals surface area contributed by atoms with Crippen LogP contribution >= 0.6 is 0 Å². The van der Waals surface area contributed by atoms with Crippen LogP contribution in [-0.2, 0) is 76.0 Å². The molecule has 6 heterocycles. The molecular weight excluding hydrogens is 1290 g/mol. The molecule has 32 heteroatoms. The molecule has 32 nitrogen and oxygen atoms in total. The minimum absolute atomic E-state index is 0.0830. The molecule has 11 aliphatic rings. The average molecular weight is 1400 g/mol. The Labute approximate surface area is 560 Å². The largest absolute Gasteiger partial charge is 0.479 e. The molecule has 0 amide bonds. The number of carboxylic acids is 1. The zero-order chi connectivity index (χ0) is 70.9. The van der Waals surface area contributed by atoms with Gasteiger partial charge >= 0.3 is 17.9 Å². The summed E-state index contributed by atoms with van der Waals surface area (Å²) in [6, 6.07) is 0. The van der Waals surface area contributed by atoms with Crippen LogP contribution in [0.4, 0.5) is 0 Å². The molecule has 6 aliphatic heterocycles. The van der Waals surface area contributed by atoms with Crippen LogP contribution in [0.15, 0.2) is 11.6 Å². The van der Waals surface area contributed by atoms with Crippen LogP contribution in [0.5, 0.6) is 0 Å². The Morgan fingerprint density at radius 2 is 1.07 bits per heavy atom.